The molecule has 1 amide bonds. The van der Waals surface area contributed by atoms with E-state index in [2.05, 4.69) is 10.3 Å². The van der Waals surface area contributed by atoms with Crippen LogP contribution in [0.2, 0.25) is 0 Å². The molecule has 0 bridgehead atoms. The number of amides is 1. The summed E-state index contributed by atoms with van der Waals surface area (Å²) in [6.45, 7) is 3.34. The Bertz CT molecular complexity index is 1560. The average Bonchev–Trinajstić information content (AvgIpc) is 3.30. The second-order valence-corrected chi connectivity index (χ2v) is 10.5. The van der Waals surface area contributed by atoms with Crippen molar-refractivity contribution in [3.05, 3.63) is 83.0 Å². The van der Waals surface area contributed by atoms with Crippen LogP contribution in [0.3, 0.4) is 0 Å². The van der Waals surface area contributed by atoms with E-state index in [1.165, 1.54) is 6.07 Å². The molecule has 1 heterocycles. The fraction of sp³-hybridized carbons (Fsp3) is 0.323. The molecule has 0 saturated heterocycles. The Hall–Kier alpha value is -3.98. The number of nitrogens with one attached hydrogen (secondary N) is 2. The van der Waals surface area contributed by atoms with Crippen LogP contribution in [0.5, 0.6) is 11.5 Å². The Morgan fingerprint density at radius 2 is 1.88 bits per heavy atom. The number of carbonyl (C=O) groups excluding carboxylic acids is 1. The van der Waals surface area contributed by atoms with Gasteiger partial charge in [-0.1, -0.05) is 36.4 Å². The van der Waals surface area contributed by atoms with Crippen molar-refractivity contribution in [3.8, 4) is 22.6 Å². The number of ether oxygens (including phenoxy) is 2. The number of methoxy groups -OCH3 is 1. The number of aliphatic hydroxyl groups excluding tert-OH is 1. The molecule has 0 spiro atoms. The Balaban J connectivity index is 1.51. The van der Waals surface area contributed by atoms with Crippen molar-refractivity contribution in [1.29, 1.82) is 0 Å². The fourth-order valence-corrected chi connectivity index (χ4v) is 5.47. The monoisotopic (exact) mass is 552 g/mol. The van der Waals surface area contributed by atoms with Crippen LogP contribution in [0.4, 0.5) is 13.2 Å². The fourth-order valence-electron chi connectivity index (χ4n) is 5.47. The van der Waals surface area contributed by atoms with E-state index in [0.717, 1.165) is 17.2 Å². The Labute approximate surface area is 230 Å². The number of benzene rings is 3. The molecule has 210 valence electrons. The van der Waals surface area contributed by atoms with E-state index in [-0.39, 0.29) is 30.2 Å². The summed E-state index contributed by atoms with van der Waals surface area (Å²) in [5.41, 5.74) is 1.42. The van der Waals surface area contributed by atoms with Gasteiger partial charge in [0.05, 0.1) is 42.0 Å². The topological polar surface area (TPSA) is 83.6 Å². The third-order valence-electron chi connectivity index (χ3n) is 7.39. The quantitative estimate of drug-likeness (QED) is 0.251. The molecule has 1 aliphatic carbocycles. The Morgan fingerprint density at radius 1 is 1.10 bits per heavy atom. The molecular weight excluding hydrogens is 521 g/mol. The summed E-state index contributed by atoms with van der Waals surface area (Å²) in [5, 5.41) is 14.0. The second kappa shape index (κ2) is 10.5. The number of aromatic amines is 1. The highest BCUT2D eigenvalue weighted by atomic mass is 19.4. The molecule has 0 saturated carbocycles. The highest BCUT2D eigenvalue weighted by Gasteiger charge is 2.40. The lowest BCUT2D eigenvalue weighted by atomic mass is 9.80. The summed E-state index contributed by atoms with van der Waals surface area (Å²) in [4.78, 5) is 16.8. The summed E-state index contributed by atoms with van der Waals surface area (Å²) in [6.07, 6.45) is -3.80. The first kappa shape index (κ1) is 27.6. The minimum absolute atomic E-state index is 0.0252. The first-order chi connectivity index (χ1) is 19.0. The van der Waals surface area contributed by atoms with Gasteiger partial charge in [0, 0.05) is 23.1 Å². The number of aliphatic hydroxyl groups is 1. The second-order valence-electron chi connectivity index (χ2n) is 10.5. The van der Waals surface area contributed by atoms with Gasteiger partial charge in [-0.15, -0.1) is 0 Å². The van der Waals surface area contributed by atoms with Crippen LogP contribution >= 0.6 is 0 Å². The highest BCUT2D eigenvalue weighted by molar-refractivity contribution is 5.99. The van der Waals surface area contributed by atoms with Crippen LogP contribution in [-0.2, 0) is 19.0 Å². The van der Waals surface area contributed by atoms with Crippen molar-refractivity contribution < 1.29 is 32.5 Å². The third-order valence-corrected chi connectivity index (χ3v) is 7.39. The van der Waals surface area contributed by atoms with E-state index in [4.69, 9.17) is 9.47 Å². The maximum Gasteiger partial charge on any atom is 0.418 e. The largest absolute Gasteiger partial charge is 0.496 e. The van der Waals surface area contributed by atoms with Crippen molar-refractivity contribution in [1.82, 2.24) is 10.3 Å². The van der Waals surface area contributed by atoms with E-state index in [1.54, 1.807) is 25.3 Å². The summed E-state index contributed by atoms with van der Waals surface area (Å²) in [7, 11) is 1.58. The first-order valence-corrected chi connectivity index (χ1v) is 13.1. The number of rotatable bonds is 7. The number of para-hydroxylation sites is 2. The summed E-state index contributed by atoms with van der Waals surface area (Å²) in [5.74, 6) is 0.592. The predicted molar refractivity (Wildman–Crippen MR) is 147 cm³/mol. The minimum Gasteiger partial charge on any atom is -0.496 e. The molecule has 3 aromatic carbocycles. The van der Waals surface area contributed by atoms with Gasteiger partial charge >= 0.3 is 6.18 Å². The zero-order valence-electron chi connectivity index (χ0n) is 22.5. The number of aryl methyl sites for hydroxylation is 1. The molecule has 40 heavy (non-hydrogen) atoms. The van der Waals surface area contributed by atoms with E-state index in [9.17, 15) is 23.1 Å². The van der Waals surface area contributed by atoms with Gasteiger partial charge < -0.3 is 24.9 Å². The number of aromatic nitrogens is 1. The lowest BCUT2D eigenvalue weighted by Crippen LogP contribution is -2.54. The summed E-state index contributed by atoms with van der Waals surface area (Å²) in [6, 6.07) is 16.8. The number of hydrogen-bond donors (Lipinski definition) is 3. The van der Waals surface area contributed by atoms with Crippen molar-refractivity contribution in [2.45, 2.75) is 50.9 Å². The van der Waals surface area contributed by atoms with Crippen LogP contribution in [0.1, 0.15) is 47.4 Å². The molecule has 1 unspecified atom stereocenters. The van der Waals surface area contributed by atoms with Crippen molar-refractivity contribution in [2.24, 2.45) is 0 Å². The summed E-state index contributed by atoms with van der Waals surface area (Å²) < 4.78 is 52.4. The van der Waals surface area contributed by atoms with Crippen LogP contribution in [-0.4, -0.2) is 41.4 Å². The lowest BCUT2D eigenvalue weighted by Gasteiger charge is -2.37. The predicted octanol–water partition coefficient (Wildman–Crippen LogP) is 6.30. The SMILES string of the molecule is COc1ccccc1-c1ccc(OC(C)C)c(C(=O)NC2(CO)CCc3[nH]c4c(C(F)(F)F)cccc4c3C2)c1. The molecule has 4 aromatic rings. The van der Waals surface area contributed by atoms with Crippen LogP contribution in [0.25, 0.3) is 22.0 Å². The molecule has 9 heteroatoms. The molecular formula is C31H31F3N2O4. The molecule has 5 rings (SSSR count). The molecule has 3 N–H and O–H groups in total. The maximum atomic E-state index is 13.8. The van der Waals surface area contributed by atoms with Crippen LogP contribution in [0, 0.1) is 0 Å². The van der Waals surface area contributed by atoms with Gasteiger partial charge in [-0.3, -0.25) is 4.79 Å². The molecule has 0 radical (unpaired) electrons. The first-order valence-electron chi connectivity index (χ1n) is 13.1. The lowest BCUT2D eigenvalue weighted by molar-refractivity contribution is -0.136. The van der Waals surface area contributed by atoms with E-state index < -0.39 is 23.2 Å². The van der Waals surface area contributed by atoms with Crippen molar-refractivity contribution >= 4 is 16.8 Å². The number of alkyl halides is 3. The van der Waals surface area contributed by atoms with Gasteiger partial charge in [0.15, 0.2) is 0 Å². The molecule has 1 aromatic heterocycles. The van der Waals surface area contributed by atoms with E-state index in [0.29, 0.717) is 41.0 Å². The van der Waals surface area contributed by atoms with Crippen LogP contribution in [0.15, 0.2) is 60.7 Å². The smallest absolute Gasteiger partial charge is 0.418 e. The van der Waals surface area contributed by atoms with E-state index >= 15 is 0 Å². The number of hydrogen-bond acceptors (Lipinski definition) is 4. The molecule has 1 aliphatic rings. The molecule has 6 nitrogen and oxygen atoms in total. The minimum atomic E-state index is -4.51. The standard InChI is InChI=1S/C31H31F3N2O4/c1-18(2)40-27-12-11-19(20-7-4-5-10-26(20)39-3)15-22(27)29(38)36-30(17-37)14-13-25-23(16-30)21-8-6-9-24(28(21)35-25)31(32,33)34/h4-12,15,18,35,37H,13-14,16-17H2,1-3H3,(H,36,38). The van der Waals surface area contributed by atoms with Gasteiger partial charge in [0.1, 0.15) is 11.5 Å². The Morgan fingerprint density at radius 3 is 2.58 bits per heavy atom. The third kappa shape index (κ3) is 5.13. The molecule has 1 atom stereocenters. The van der Waals surface area contributed by atoms with Crippen molar-refractivity contribution in [3.63, 3.8) is 0 Å². The zero-order valence-corrected chi connectivity index (χ0v) is 22.5. The van der Waals surface area contributed by atoms with E-state index in [1.807, 2.05) is 44.2 Å². The Kier molecular flexibility index (Phi) is 7.27. The number of fused-ring (bicyclic) bond motifs is 3. The molecule has 0 aliphatic heterocycles. The molecule has 0 fully saturated rings. The number of halogens is 3. The number of carbonyl (C=O) groups is 1. The highest BCUT2D eigenvalue weighted by Crippen LogP contribution is 2.40. The average molecular weight is 553 g/mol. The van der Waals surface area contributed by atoms with Gasteiger partial charge in [-0.2, -0.15) is 13.2 Å². The van der Waals surface area contributed by atoms with Crippen LogP contribution < -0.4 is 14.8 Å². The van der Waals surface area contributed by atoms with Gasteiger partial charge in [0.25, 0.3) is 5.91 Å². The summed E-state index contributed by atoms with van der Waals surface area (Å²) >= 11 is 0. The number of H-pyrrole nitrogens is 1. The van der Waals surface area contributed by atoms with Gasteiger partial charge in [-0.05, 0) is 62.1 Å². The van der Waals surface area contributed by atoms with Crippen molar-refractivity contribution in [2.75, 3.05) is 13.7 Å². The maximum absolute atomic E-state index is 13.8. The normalized spacial score (nSPS) is 17.1. The van der Waals surface area contributed by atoms with Gasteiger partial charge in [-0.25, -0.2) is 0 Å². The van der Waals surface area contributed by atoms with Gasteiger partial charge in [0.2, 0.25) is 0 Å². The zero-order chi connectivity index (χ0) is 28.7.